The van der Waals surface area contributed by atoms with Crippen molar-refractivity contribution >= 4 is 11.9 Å². The summed E-state index contributed by atoms with van der Waals surface area (Å²) >= 11 is 0. The molecular formula is C19H21NO5. The number of ether oxygens (including phenoxy) is 2. The molecule has 25 heavy (non-hydrogen) atoms. The molecule has 1 unspecified atom stereocenters. The number of amides is 1. The molecule has 1 amide bonds. The van der Waals surface area contributed by atoms with E-state index < -0.39 is 12.0 Å². The zero-order valence-corrected chi connectivity index (χ0v) is 14.2. The lowest BCUT2D eigenvalue weighted by molar-refractivity contribution is -0.137. The third-order valence-corrected chi connectivity index (χ3v) is 3.61. The van der Waals surface area contributed by atoms with Gasteiger partial charge in [0.1, 0.15) is 0 Å². The van der Waals surface area contributed by atoms with E-state index in [1.165, 1.54) is 7.11 Å². The number of carbonyl (C=O) groups excluding carboxylic acids is 1. The fourth-order valence-corrected chi connectivity index (χ4v) is 2.44. The maximum atomic E-state index is 12.5. The van der Waals surface area contributed by atoms with Crippen LogP contribution in [0.3, 0.4) is 0 Å². The molecule has 0 heterocycles. The lowest BCUT2D eigenvalue weighted by Gasteiger charge is -2.18. The van der Waals surface area contributed by atoms with Crippen molar-refractivity contribution < 1.29 is 24.2 Å². The Morgan fingerprint density at radius 2 is 1.84 bits per heavy atom. The van der Waals surface area contributed by atoms with Crippen molar-refractivity contribution in [2.45, 2.75) is 19.4 Å². The highest BCUT2D eigenvalue weighted by Crippen LogP contribution is 2.28. The van der Waals surface area contributed by atoms with Crippen molar-refractivity contribution in [3.05, 3.63) is 59.7 Å². The van der Waals surface area contributed by atoms with Crippen LogP contribution in [0.2, 0.25) is 0 Å². The Labute approximate surface area is 146 Å². The van der Waals surface area contributed by atoms with Crippen LogP contribution in [0.5, 0.6) is 11.5 Å². The molecule has 0 radical (unpaired) electrons. The predicted octanol–water partition coefficient (Wildman–Crippen LogP) is 3.04. The van der Waals surface area contributed by atoms with Gasteiger partial charge < -0.3 is 19.9 Å². The van der Waals surface area contributed by atoms with Crippen molar-refractivity contribution in [2.75, 3.05) is 13.7 Å². The third-order valence-electron chi connectivity index (χ3n) is 3.61. The Morgan fingerprint density at radius 1 is 1.12 bits per heavy atom. The molecule has 0 fully saturated rings. The summed E-state index contributed by atoms with van der Waals surface area (Å²) in [5, 5.41) is 11.9. The first-order valence-electron chi connectivity index (χ1n) is 7.93. The van der Waals surface area contributed by atoms with Gasteiger partial charge in [-0.25, -0.2) is 0 Å². The monoisotopic (exact) mass is 343 g/mol. The number of hydrogen-bond acceptors (Lipinski definition) is 4. The van der Waals surface area contributed by atoms with E-state index in [2.05, 4.69) is 5.32 Å². The van der Waals surface area contributed by atoms with Crippen molar-refractivity contribution in [1.29, 1.82) is 0 Å². The Kier molecular flexibility index (Phi) is 6.39. The maximum Gasteiger partial charge on any atom is 0.305 e. The molecular weight excluding hydrogens is 322 g/mol. The summed E-state index contributed by atoms with van der Waals surface area (Å²) < 4.78 is 10.7. The second-order valence-electron chi connectivity index (χ2n) is 5.33. The average Bonchev–Trinajstić information content (AvgIpc) is 2.62. The minimum atomic E-state index is -0.988. The van der Waals surface area contributed by atoms with Crippen LogP contribution < -0.4 is 14.8 Å². The highest BCUT2D eigenvalue weighted by Gasteiger charge is 2.19. The summed E-state index contributed by atoms with van der Waals surface area (Å²) in [6, 6.07) is 13.2. The van der Waals surface area contributed by atoms with Crippen LogP contribution in [-0.2, 0) is 4.79 Å². The molecule has 1 atom stereocenters. The SMILES string of the molecule is CCOc1ccc(C(=O)NC(CC(=O)O)c2ccccc2)cc1OC. The molecule has 2 N–H and O–H groups in total. The van der Waals surface area contributed by atoms with Gasteiger partial charge in [-0.15, -0.1) is 0 Å². The fraction of sp³-hybridized carbons (Fsp3) is 0.263. The van der Waals surface area contributed by atoms with E-state index in [1.54, 1.807) is 42.5 Å². The van der Waals surface area contributed by atoms with E-state index in [4.69, 9.17) is 14.6 Å². The number of carboxylic acid groups (broad SMARTS) is 1. The van der Waals surface area contributed by atoms with Crippen molar-refractivity contribution in [1.82, 2.24) is 5.32 Å². The number of methoxy groups -OCH3 is 1. The maximum absolute atomic E-state index is 12.5. The quantitative estimate of drug-likeness (QED) is 0.769. The molecule has 0 saturated heterocycles. The largest absolute Gasteiger partial charge is 0.493 e. The second kappa shape index (κ2) is 8.73. The minimum absolute atomic E-state index is 0.204. The van der Waals surface area contributed by atoms with E-state index >= 15 is 0 Å². The summed E-state index contributed by atoms with van der Waals surface area (Å²) in [4.78, 5) is 23.7. The van der Waals surface area contributed by atoms with Gasteiger partial charge >= 0.3 is 5.97 Å². The molecule has 6 nitrogen and oxygen atoms in total. The molecule has 0 aliphatic heterocycles. The molecule has 0 bridgehead atoms. The molecule has 2 aromatic rings. The van der Waals surface area contributed by atoms with Crippen LogP contribution >= 0.6 is 0 Å². The Balaban J connectivity index is 2.21. The minimum Gasteiger partial charge on any atom is -0.493 e. The third kappa shape index (κ3) is 4.97. The molecule has 0 aliphatic carbocycles. The summed E-state index contributed by atoms with van der Waals surface area (Å²) in [7, 11) is 1.50. The van der Waals surface area contributed by atoms with E-state index in [-0.39, 0.29) is 12.3 Å². The Hall–Kier alpha value is -3.02. The highest BCUT2D eigenvalue weighted by molar-refractivity contribution is 5.95. The first-order chi connectivity index (χ1) is 12.0. The van der Waals surface area contributed by atoms with Gasteiger partial charge in [-0.2, -0.15) is 0 Å². The van der Waals surface area contributed by atoms with Crippen LogP contribution in [-0.4, -0.2) is 30.7 Å². The number of rotatable bonds is 8. The van der Waals surface area contributed by atoms with Crippen LogP contribution in [0.25, 0.3) is 0 Å². The number of benzene rings is 2. The van der Waals surface area contributed by atoms with Crippen molar-refractivity contribution in [2.24, 2.45) is 0 Å². The van der Waals surface area contributed by atoms with E-state index in [0.29, 0.717) is 23.7 Å². The van der Waals surface area contributed by atoms with Gasteiger partial charge in [0, 0.05) is 5.56 Å². The average molecular weight is 343 g/mol. The zero-order chi connectivity index (χ0) is 18.2. The zero-order valence-electron chi connectivity index (χ0n) is 14.2. The van der Waals surface area contributed by atoms with Gasteiger partial charge in [-0.05, 0) is 30.7 Å². The van der Waals surface area contributed by atoms with Gasteiger partial charge in [0.15, 0.2) is 11.5 Å². The van der Waals surface area contributed by atoms with Gasteiger partial charge in [-0.1, -0.05) is 30.3 Å². The number of aliphatic carboxylic acids is 1. The molecule has 6 heteroatoms. The lowest BCUT2D eigenvalue weighted by atomic mass is 10.0. The number of carbonyl (C=O) groups is 2. The highest BCUT2D eigenvalue weighted by atomic mass is 16.5. The predicted molar refractivity (Wildman–Crippen MR) is 93.1 cm³/mol. The molecule has 0 aromatic heterocycles. The smallest absolute Gasteiger partial charge is 0.305 e. The van der Waals surface area contributed by atoms with Gasteiger partial charge in [0.2, 0.25) is 0 Å². The first-order valence-corrected chi connectivity index (χ1v) is 7.93. The topological polar surface area (TPSA) is 84.9 Å². The molecule has 0 aliphatic rings. The van der Waals surface area contributed by atoms with Crippen molar-refractivity contribution in [3.63, 3.8) is 0 Å². The summed E-state index contributed by atoms with van der Waals surface area (Å²) in [5.41, 5.74) is 1.10. The molecule has 132 valence electrons. The molecule has 0 saturated carbocycles. The van der Waals surface area contributed by atoms with Crippen LogP contribution in [0.4, 0.5) is 0 Å². The molecule has 2 rings (SSSR count). The van der Waals surface area contributed by atoms with Gasteiger partial charge in [0.25, 0.3) is 5.91 Å². The standard InChI is InChI=1S/C19H21NO5/c1-3-25-16-10-9-14(11-17(16)24-2)19(23)20-15(12-18(21)22)13-7-5-4-6-8-13/h4-11,15H,3,12H2,1-2H3,(H,20,23)(H,21,22). The van der Waals surface area contributed by atoms with Crippen LogP contribution in [0.1, 0.15) is 35.3 Å². The van der Waals surface area contributed by atoms with Gasteiger partial charge in [0.05, 0.1) is 26.2 Å². The lowest BCUT2D eigenvalue weighted by Crippen LogP contribution is -2.30. The normalized spacial score (nSPS) is 11.4. The second-order valence-corrected chi connectivity index (χ2v) is 5.33. The van der Waals surface area contributed by atoms with E-state index in [9.17, 15) is 9.59 Å². The van der Waals surface area contributed by atoms with E-state index in [0.717, 1.165) is 5.56 Å². The van der Waals surface area contributed by atoms with E-state index in [1.807, 2.05) is 13.0 Å². The Bertz CT molecular complexity index is 730. The first kappa shape index (κ1) is 18.3. The Morgan fingerprint density at radius 3 is 2.44 bits per heavy atom. The van der Waals surface area contributed by atoms with Crippen molar-refractivity contribution in [3.8, 4) is 11.5 Å². The van der Waals surface area contributed by atoms with Crippen LogP contribution in [0.15, 0.2) is 48.5 Å². The number of carboxylic acids is 1. The number of hydrogen-bond donors (Lipinski definition) is 2. The molecule has 0 spiro atoms. The molecule has 2 aromatic carbocycles. The fourth-order valence-electron chi connectivity index (χ4n) is 2.44. The summed E-state index contributed by atoms with van der Waals surface area (Å²) in [6.45, 7) is 2.34. The van der Waals surface area contributed by atoms with Crippen LogP contribution in [0, 0.1) is 0 Å². The summed E-state index contributed by atoms with van der Waals surface area (Å²) in [6.07, 6.45) is -0.204. The summed E-state index contributed by atoms with van der Waals surface area (Å²) in [5.74, 6) is -0.370. The number of nitrogens with one attached hydrogen (secondary N) is 1. The van der Waals surface area contributed by atoms with Gasteiger partial charge in [-0.3, -0.25) is 9.59 Å².